The number of hydrogen-bond donors (Lipinski definition) is 1. The minimum Gasteiger partial charge on any atom is -0.349 e. The van der Waals surface area contributed by atoms with Crippen molar-refractivity contribution in [2.75, 3.05) is 27.2 Å². The summed E-state index contributed by atoms with van der Waals surface area (Å²) in [7, 11) is 3.64. The van der Waals surface area contributed by atoms with Crippen LogP contribution in [0.4, 0.5) is 0 Å². The van der Waals surface area contributed by atoms with E-state index in [0.717, 1.165) is 19.5 Å². The molecule has 0 aromatic carbocycles. The van der Waals surface area contributed by atoms with Crippen molar-refractivity contribution >= 4 is 5.91 Å². The van der Waals surface area contributed by atoms with E-state index in [1.54, 1.807) is 4.90 Å². The quantitative estimate of drug-likeness (QED) is 0.693. The van der Waals surface area contributed by atoms with Gasteiger partial charge in [-0.25, -0.2) is 0 Å². The Morgan fingerprint density at radius 2 is 1.94 bits per heavy atom. The zero-order valence-corrected chi connectivity index (χ0v) is 11.7. The van der Waals surface area contributed by atoms with Crippen molar-refractivity contribution in [1.29, 1.82) is 0 Å². The van der Waals surface area contributed by atoms with Gasteiger partial charge in [-0.15, -0.1) is 0 Å². The molecular formula is C14H28N2O. The van der Waals surface area contributed by atoms with Gasteiger partial charge in [-0.1, -0.05) is 19.8 Å². The third kappa shape index (κ3) is 4.66. The fourth-order valence-electron chi connectivity index (χ4n) is 2.72. The highest BCUT2D eigenvalue weighted by molar-refractivity contribution is 5.75. The summed E-state index contributed by atoms with van der Waals surface area (Å²) < 4.78 is 0. The van der Waals surface area contributed by atoms with E-state index in [9.17, 15) is 4.79 Å². The molecule has 0 atom stereocenters. The molecule has 0 aromatic rings. The van der Waals surface area contributed by atoms with Crippen LogP contribution in [0.3, 0.4) is 0 Å². The molecule has 0 saturated heterocycles. The van der Waals surface area contributed by atoms with Gasteiger partial charge in [0, 0.05) is 27.1 Å². The summed E-state index contributed by atoms with van der Waals surface area (Å²) in [5.41, 5.74) is 0.561. The van der Waals surface area contributed by atoms with Crippen LogP contribution < -0.4 is 5.32 Å². The third-order valence-electron chi connectivity index (χ3n) is 4.16. The summed E-state index contributed by atoms with van der Waals surface area (Å²) in [6.45, 7) is 4.42. The van der Waals surface area contributed by atoms with Crippen molar-refractivity contribution in [2.24, 2.45) is 5.41 Å². The summed E-state index contributed by atoms with van der Waals surface area (Å²) >= 11 is 0. The van der Waals surface area contributed by atoms with Crippen LogP contribution in [0.15, 0.2) is 0 Å². The zero-order valence-electron chi connectivity index (χ0n) is 11.7. The molecular weight excluding hydrogens is 212 g/mol. The normalized spacial score (nSPS) is 18.3. The van der Waals surface area contributed by atoms with Gasteiger partial charge < -0.3 is 10.2 Å². The molecule has 3 nitrogen and oxygen atoms in total. The van der Waals surface area contributed by atoms with Gasteiger partial charge >= 0.3 is 0 Å². The van der Waals surface area contributed by atoms with Crippen LogP contribution in [0.1, 0.15) is 51.9 Å². The van der Waals surface area contributed by atoms with E-state index in [1.165, 1.54) is 32.1 Å². The second kappa shape index (κ2) is 7.00. The third-order valence-corrected chi connectivity index (χ3v) is 4.16. The molecule has 17 heavy (non-hydrogen) atoms. The fraction of sp³-hybridized carbons (Fsp3) is 0.929. The Labute approximate surface area is 106 Å². The highest BCUT2D eigenvalue weighted by Gasteiger charge is 2.31. The van der Waals surface area contributed by atoms with Crippen molar-refractivity contribution in [2.45, 2.75) is 51.9 Å². The van der Waals surface area contributed by atoms with E-state index < -0.39 is 0 Å². The van der Waals surface area contributed by atoms with E-state index in [1.807, 2.05) is 14.1 Å². The summed E-state index contributed by atoms with van der Waals surface area (Å²) in [5.74, 6) is 0.234. The van der Waals surface area contributed by atoms with Crippen LogP contribution in [0.25, 0.3) is 0 Å². The number of hydrogen-bond acceptors (Lipinski definition) is 2. The fourth-order valence-corrected chi connectivity index (χ4v) is 2.72. The average molecular weight is 240 g/mol. The minimum absolute atomic E-state index is 0.234. The second-order valence-electron chi connectivity index (χ2n) is 5.63. The molecule has 0 aromatic heterocycles. The summed E-state index contributed by atoms with van der Waals surface area (Å²) in [5, 5.41) is 3.54. The zero-order chi connectivity index (χ0) is 12.7. The number of rotatable bonds is 7. The maximum Gasteiger partial charge on any atom is 0.222 e. The maximum atomic E-state index is 11.4. The lowest BCUT2D eigenvalue weighted by molar-refractivity contribution is -0.128. The Kier molecular flexibility index (Phi) is 5.96. The SMILES string of the molecule is CCC1(CNCCCC(=O)N(C)C)CCCC1. The topological polar surface area (TPSA) is 32.3 Å². The molecule has 1 fully saturated rings. The molecule has 0 bridgehead atoms. The molecule has 0 unspecified atom stereocenters. The molecule has 1 aliphatic rings. The first-order chi connectivity index (χ1) is 8.09. The summed E-state index contributed by atoms with van der Waals surface area (Å²) in [4.78, 5) is 13.1. The first kappa shape index (κ1) is 14.5. The Morgan fingerprint density at radius 3 is 2.47 bits per heavy atom. The summed E-state index contributed by atoms with van der Waals surface area (Å²) in [6, 6.07) is 0. The lowest BCUT2D eigenvalue weighted by Crippen LogP contribution is -2.32. The van der Waals surface area contributed by atoms with Gasteiger partial charge in [0.05, 0.1) is 0 Å². The summed E-state index contributed by atoms with van der Waals surface area (Å²) in [6.07, 6.45) is 8.47. The van der Waals surface area contributed by atoms with Crippen molar-refractivity contribution in [3.8, 4) is 0 Å². The Balaban J connectivity index is 2.09. The molecule has 1 N–H and O–H groups in total. The first-order valence-corrected chi connectivity index (χ1v) is 7.00. The van der Waals surface area contributed by atoms with Crippen LogP contribution in [0.2, 0.25) is 0 Å². The van der Waals surface area contributed by atoms with Gasteiger partial charge in [-0.05, 0) is 37.6 Å². The standard InChI is InChI=1S/C14H28N2O/c1-4-14(9-5-6-10-14)12-15-11-7-8-13(17)16(2)3/h15H,4-12H2,1-3H3. The lowest BCUT2D eigenvalue weighted by atomic mass is 9.83. The van der Waals surface area contributed by atoms with Gasteiger partial charge in [0.1, 0.15) is 0 Å². The minimum atomic E-state index is 0.234. The maximum absolute atomic E-state index is 11.4. The van der Waals surface area contributed by atoms with Gasteiger partial charge in [0.2, 0.25) is 5.91 Å². The van der Waals surface area contributed by atoms with E-state index in [4.69, 9.17) is 0 Å². The van der Waals surface area contributed by atoms with Gasteiger partial charge in [-0.2, -0.15) is 0 Å². The molecule has 0 radical (unpaired) electrons. The number of carbonyl (C=O) groups is 1. The number of carbonyl (C=O) groups excluding carboxylic acids is 1. The Morgan fingerprint density at radius 1 is 1.29 bits per heavy atom. The number of nitrogens with one attached hydrogen (secondary N) is 1. The van der Waals surface area contributed by atoms with Crippen molar-refractivity contribution in [1.82, 2.24) is 10.2 Å². The molecule has 1 rings (SSSR count). The van der Waals surface area contributed by atoms with Gasteiger partial charge in [0.25, 0.3) is 0 Å². The van der Waals surface area contributed by atoms with E-state index in [2.05, 4.69) is 12.2 Å². The highest BCUT2D eigenvalue weighted by atomic mass is 16.2. The predicted octanol–water partition coefficient (Wildman–Crippen LogP) is 2.41. The van der Waals surface area contributed by atoms with Crippen LogP contribution >= 0.6 is 0 Å². The lowest BCUT2D eigenvalue weighted by Gasteiger charge is -2.27. The van der Waals surface area contributed by atoms with Gasteiger partial charge in [-0.3, -0.25) is 4.79 Å². The van der Waals surface area contributed by atoms with Crippen molar-refractivity contribution in [3.63, 3.8) is 0 Å². The van der Waals surface area contributed by atoms with Crippen LogP contribution in [-0.4, -0.2) is 38.0 Å². The van der Waals surface area contributed by atoms with E-state index in [-0.39, 0.29) is 5.91 Å². The van der Waals surface area contributed by atoms with E-state index in [0.29, 0.717) is 11.8 Å². The smallest absolute Gasteiger partial charge is 0.222 e. The second-order valence-corrected chi connectivity index (χ2v) is 5.63. The van der Waals surface area contributed by atoms with Crippen LogP contribution in [0, 0.1) is 5.41 Å². The molecule has 1 saturated carbocycles. The monoisotopic (exact) mass is 240 g/mol. The predicted molar refractivity (Wildman–Crippen MR) is 72.0 cm³/mol. The molecule has 100 valence electrons. The van der Waals surface area contributed by atoms with E-state index >= 15 is 0 Å². The van der Waals surface area contributed by atoms with Crippen molar-refractivity contribution in [3.05, 3.63) is 0 Å². The molecule has 1 aliphatic carbocycles. The van der Waals surface area contributed by atoms with Crippen LogP contribution in [-0.2, 0) is 4.79 Å². The Bertz CT molecular complexity index is 232. The molecule has 0 spiro atoms. The average Bonchev–Trinajstić information content (AvgIpc) is 2.77. The molecule has 0 heterocycles. The van der Waals surface area contributed by atoms with Crippen LogP contribution in [0.5, 0.6) is 0 Å². The number of amides is 1. The number of nitrogens with zero attached hydrogens (tertiary/aromatic N) is 1. The van der Waals surface area contributed by atoms with Gasteiger partial charge in [0.15, 0.2) is 0 Å². The molecule has 0 aliphatic heterocycles. The molecule has 1 amide bonds. The highest BCUT2D eigenvalue weighted by Crippen LogP contribution is 2.40. The molecule has 3 heteroatoms. The Hall–Kier alpha value is -0.570. The largest absolute Gasteiger partial charge is 0.349 e. The van der Waals surface area contributed by atoms with Crippen molar-refractivity contribution < 1.29 is 4.79 Å². The first-order valence-electron chi connectivity index (χ1n) is 7.00.